The third kappa shape index (κ3) is 2.67. The van der Waals surface area contributed by atoms with Crippen LogP contribution in [-0.4, -0.2) is 39.4 Å². The van der Waals surface area contributed by atoms with E-state index in [1.165, 1.54) is 0 Å². The first-order valence-electron chi connectivity index (χ1n) is 5.72. The number of aromatic amines is 1. The number of carboxylic acids is 1. The highest BCUT2D eigenvalue weighted by molar-refractivity contribution is 5.82. The molecule has 0 aliphatic carbocycles. The maximum atomic E-state index is 11.8. The minimum Gasteiger partial charge on any atom is -0.479 e. The molecule has 0 radical (unpaired) electrons. The van der Waals surface area contributed by atoms with Crippen LogP contribution in [0.25, 0.3) is 0 Å². The fourth-order valence-corrected chi connectivity index (χ4v) is 1.86. The number of H-pyrrole nitrogens is 1. The second-order valence-electron chi connectivity index (χ2n) is 4.27. The molecule has 1 aliphatic heterocycles. The highest BCUT2D eigenvalue weighted by Crippen LogP contribution is 2.20. The lowest BCUT2D eigenvalue weighted by atomic mass is 10.2. The molecule has 0 spiro atoms. The summed E-state index contributed by atoms with van der Waals surface area (Å²) in [7, 11) is 0. The van der Waals surface area contributed by atoms with Gasteiger partial charge in [-0.2, -0.15) is 5.10 Å². The Balaban J connectivity index is 1.83. The number of carboxylic acid groups (broad SMARTS) is 1. The van der Waals surface area contributed by atoms with Gasteiger partial charge in [-0.15, -0.1) is 0 Å². The predicted molar refractivity (Wildman–Crippen MR) is 60.7 cm³/mol. The smallest absolute Gasteiger partial charge is 0.332 e. The lowest BCUT2D eigenvalue weighted by molar-refractivity contribution is -0.151. The van der Waals surface area contributed by atoms with Crippen molar-refractivity contribution in [2.45, 2.75) is 38.5 Å². The van der Waals surface area contributed by atoms with Gasteiger partial charge in [0.2, 0.25) is 5.91 Å². The second kappa shape index (κ2) is 5.18. The molecule has 0 saturated carbocycles. The number of nitrogens with zero attached hydrogens (tertiary/aromatic N) is 1. The van der Waals surface area contributed by atoms with Crippen LogP contribution >= 0.6 is 0 Å². The number of aliphatic carboxylic acids is 1. The summed E-state index contributed by atoms with van der Waals surface area (Å²) in [6, 6.07) is 0. The van der Waals surface area contributed by atoms with E-state index in [-0.39, 0.29) is 5.91 Å². The number of hydrogen-bond acceptors (Lipinski definition) is 4. The van der Waals surface area contributed by atoms with Gasteiger partial charge in [0.1, 0.15) is 6.10 Å². The molecule has 1 aromatic rings. The summed E-state index contributed by atoms with van der Waals surface area (Å²) >= 11 is 0. The summed E-state index contributed by atoms with van der Waals surface area (Å²) < 4.78 is 5.15. The van der Waals surface area contributed by atoms with E-state index in [4.69, 9.17) is 9.84 Å². The molecular formula is C11H15N3O4. The van der Waals surface area contributed by atoms with E-state index in [1.807, 2.05) is 6.92 Å². The molecule has 2 atom stereocenters. The van der Waals surface area contributed by atoms with Crippen molar-refractivity contribution in [3.05, 3.63) is 17.5 Å². The summed E-state index contributed by atoms with van der Waals surface area (Å²) in [6.45, 7) is 2.22. The van der Waals surface area contributed by atoms with Gasteiger partial charge in [-0.3, -0.25) is 9.89 Å². The van der Waals surface area contributed by atoms with Gasteiger partial charge in [0, 0.05) is 17.8 Å². The molecule has 7 nitrogen and oxygen atoms in total. The van der Waals surface area contributed by atoms with Crippen molar-refractivity contribution in [1.82, 2.24) is 15.5 Å². The fraction of sp³-hybridized carbons (Fsp3) is 0.545. The lowest BCUT2D eigenvalue weighted by Gasteiger charge is -2.11. The zero-order chi connectivity index (χ0) is 13.1. The second-order valence-corrected chi connectivity index (χ2v) is 4.27. The van der Waals surface area contributed by atoms with Crippen molar-refractivity contribution in [3.8, 4) is 0 Å². The SMILES string of the molecule is Cc1[nH]ncc1CNC(=O)C1CCC(C(=O)O)O1. The number of aromatic nitrogens is 2. The Hall–Kier alpha value is -1.89. The van der Waals surface area contributed by atoms with Crippen LogP contribution < -0.4 is 5.32 Å². The van der Waals surface area contributed by atoms with E-state index in [9.17, 15) is 9.59 Å². The Morgan fingerprint density at radius 1 is 1.56 bits per heavy atom. The van der Waals surface area contributed by atoms with Crippen LogP contribution in [0, 0.1) is 6.92 Å². The molecule has 2 heterocycles. The largest absolute Gasteiger partial charge is 0.479 e. The Bertz CT molecular complexity index is 457. The van der Waals surface area contributed by atoms with Crippen LogP contribution in [0.1, 0.15) is 24.1 Å². The zero-order valence-electron chi connectivity index (χ0n) is 9.97. The number of aryl methyl sites for hydroxylation is 1. The Labute approximate surface area is 104 Å². The molecule has 98 valence electrons. The Morgan fingerprint density at radius 3 is 2.83 bits per heavy atom. The van der Waals surface area contributed by atoms with Gasteiger partial charge in [-0.25, -0.2) is 4.79 Å². The van der Waals surface area contributed by atoms with Crippen LogP contribution in [0.3, 0.4) is 0 Å². The van der Waals surface area contributed by atoms with Crippen LogP contribution in [0.15, 0.2) is 6.20 Å². The van der Waals surface area contributed by atoms with Crippen LogP contribution in [0.2, 0.25) is 0 Å². The average Bonchev–Trinajstić information content (AvgIpc) is 2.94. The maximum absolute atomic E-state index is 11.8. The molecule has 7 heteroatoms. The molecule has 2 rings (SSSR count). The average molecular weight is 253 g/mol. The Kier molecular flexibility index (Phi) is 3.61. The highest BCUT2D eigenvalue weighted by Gasteiger charge is 2.34. The summed E-state index contributed by atoms with van der Waals surface area (Å²) in [5.41, 5.74) is 1.79. The number of rotatable bonds is 4. The molecular weight excluding hydrogens is 238 g/mol. The van der Waals surface area contributed by atoms with Crippen molar-refractivity contribution < 1.29 is 19.4 Å². The van der Waals surface area contributed by atoms with Crippen molar-refractivity contribution in [2.24, 2.45) is 0 Å². The fourth-order valence-electron chi connectivity index (χ4n) is 1.86. The number of amides is 1. The topological polar surface area (TPSA) is 104 Å². The minimum atomic E-state index is -1.02. The van der Waals surface area contributed by atoms with Gasteiger partial charge >= 0.3 is 5.97 Å². The number of ether oxygens (including phenoxy) is 1. The standard InChI is InChI=1S/C11H15N3O4/c1-6-7(5-13-14-6)4-12-10(15)8-2-3-9(18-8)11(16)17/h5,8-9H,2-4H2,1H3,(H,12,15)(H,13,14)(H,16,17). The van der Waals surface area contributed by atoms with E-state index in [1.54, 1.807) is 6.20 Å². The number of carbonyl (C=O) groups is 2. The number of hydrogen-bond donors (Lipinski definition) is 3. The predicted octanol–water partition coefficient (Wildman–Crippen LogP) is -0.0335. The molecule has 1 amide bonds. The first-order valence-corrected chi connectivity index (χ1v) is 5.72. The Morgan fingerprint density at radius 2 is 2.28 bits per heavy atom. The van der Waals surface area contributed by atoms with E-state index in [0.717, 1.165) is 11.3 Å². The van der Waals surface area contributed by atoms with Gasteiger partial charge in [0.05, 0.1) is 6.20 Å². The first kappa shape index (κ1) is 12.6. The van der Waals surface area contributed by atoms with Gasteiger partial charge in [0.25, 0.3) is 0 Å². The van der Waals surface area contributed by atoms with E-state index in [2.05, 4.69) is 15.5 Å². The van der Waals surface area contributed by atoms with Gasteiger partial charge in [-0.1, -0.05) is 0 Å². The molecule has 18 heavy (non-hydrogen) atoms. The zero-order valence-corrected chi connectivity index (χ0v) is 9.97. The molecule has 2 unspecified atom stereocenters. The summed E-state index contributed by atoms with van der Waals surface area (Å²) in [5.74, 6) is -1.30. The first-order chi connectivity index (χ1) is 8.58. The van der Waals surface area contributed by atoms with E-state index < -0.39 is 18.2 Å². The van der Waals surface area contributed by atoms with Crippen LogP contribution in [-0.2, 0) is 20.9 Å². The molecule has 0 bridgehead atoms. The summed E-state index contributed by atoms with van der Waals surface area (Å²) in [6.07, 6.45) is 0.922. The molecule has 0 aromatic carbocycles. The maximum Gasteiger partial charge on any atom is 0.332 e. The third-order valence-electron chi connectivity index (χ3n) is 2.97. The number of nitrogens with one attached hydrogen (secondary N) is 2. The van der Waals surface area contributed by atoms with Crippen molar-refractivity contribution in [3.63, 3.8) is 0 Å². The van der Waals surface area contributed by atoms with Gasteiger partial charge in [-0.05, 0) is 19.8 Å². The van der Waals surface area contributed by atoms with Crippen LogP contribution in [0.5, 0.6) is 0 Å². The molecule has 1 saturated heterocycles. The van der Waals surface area contributed by atoms with Crippen molar-refractivity contribution >= 4 is 11.9 Å². The summed E-state index contributed by atoms with van der Waals surface area (Å²) in [5, 5.41) is 18.1. The monoisotopic (exact) mass is 253 g/mol. The van der Waals surface area contributed by atoms with Crippen molar-refractivity contribution in [2.75, 3.05) is 0 Å². The van der Waals surface area contributed by atoms with Gasteiger partial charge in [0.15, 0.2) is 6.10 Å². The quantitative estimate of drug-likeness (QED) is 0.698. The molecule has 1 aliphatic rings. The van der Waals surface area contributed by atoms with Gasteiger partial charge < -0.3 is 15.2 Å². The van der Waals surface area contributed by atoms with E-state index >= 15 is 0 Å². The van der Waals surface area contributed by atoms with E-state index in [0.29, 0.717) is 19.4 Å². The third-order valence-corrected chi connectivity index (χ3v) is 2.97. The highest BCUT2D eigenvalue weighted by atomic mass is 16.5. The summed E-state index contributed by atoms with van der Waals surface area (Å²) in [4.78, 5) is 22.5. The molecule has 1 fully saturated rings. The molecule has 1 aromatic heterocycles. The van der Waals surface area contributed by atoms with Crippen molar-refractivity contribution in [1.29, 1.82) is 0 Å². The lowest BCUT2D eigenvalue weighted by Crippen LogP contribution is -2.35. The normalized spacial score (nSPS) is 22.9. The molecule has 3 N–H and O–H groups in total. The minimum absolute atomic E-state index is 0.278. The van der Waals surface area contributed by atoms with Crippen LogP contribution in [0.4, 0.5) is 0 Å². The number of carbonyl (C=O) groups excluding carboxylic acids is 1.